The highest BCUT2D eigenvalue weighted by molar-refractivity contribution is 5.22. The Labute approximate surface area is 154 Å². The van der Waals surface area contributed by atoms with E-state index in [2.05, 4.69) is 46.5 Å². The van der Waals surface area contributed by atoms with Gasteiger partial charge in [0.25, 0.3) is 5.56 Å². The van der Waals surface area contributed by atoms with Crippen LogP contribution in [0.15, 0.2) is 23.0 Å². The molecule has 140 valence electrons. The lowest BCUT2D eigenvalue weighted by atomic mass is 9.84. The van der Waals surface area contributed by atoms with E-state index in [-0.39, 0.29) is 5.56 Å². The van der Waals surface area contributed by atoms with Crippen molar-refractivity contribution in [2.45, 2.75) is 51.7 Å². The smallest absolute Gasteiger partial charge is 0.255 e. The van der Waals surface area contributed by atoms with Gasteiger partial charge in [0.05, 0.1) is 5.69 Å². The Morgan fingerprint density at radius 2 is 2.19 bits per heavy atom. The van der Waals surface area contributed by atoms with Crippen LogP contribution in [0.5, 0.6) is 0 Å². The molecule has 0 radical (unpaired) electrons. The maximum Gasteiger partial charge on any atom is 0.255 e. The molecule has 0 spiro atoms. The van der Waals surface area contributed by atoms with E-state index in [1.807, 2.05) is 10.6 Å². The Morgan fingerprint density at radius 1 is 1.31 bits per heavy atom. The molecule has 4 heterocycles. The van der Waals surface area contributed by atoms with E-state index in [0.29, 0.717) is 18.4 Å². The van der Waals surface area contributed by atoms with Gasteiger partial charge in [0.15, 0.2) is 0 Å². The lowest BCUT2D eigenvalue weighted by molar-refractivity contribution is 0.254. The van der Waals surface area contributed by atoms with Crippen LogP contribution in [0.4, 0.5) is 0 Å². The summed E-state index contributed by atoms with van der Waals surface area (Å²) >= 11 is 0. The number of H-pyrrole nitrogens is 1. The van der Waals surface area contributed by atoms with Gasteiger partial charge in [0.2, 0.25) is 0 Å². The third-order valence-corrected chi connectivity index (χ3v) is 5.66. The van der Waals surface area contributed by atoms with Gasteiger partial charge in [0, 0.05) is 49.0 Å². The molecule has 4 rings (SSSR count). The zero-order chi connectivity index (χ0) is 18.1. The van der Waals surface area contributed by atoms with Crippen molar-refractivity contribution in [3.63, 3.8) is 0 Å². The molecule has 2 aromatic heterocycles. The fraction of sp³-hybridized carbons (Fsp3) is 0.600. The summed E-state index contributed by atoms with van der Waals surface area (Å²) < 4.78 is 2.04. The molecule has 2 atom stereocenters. The zero-order valence-corrected chi connectivity index (χ0v) is 15.8. The van der Waals surface area contributed by atoms with Crippen LogP contribution < -0.4 is 10.9 Å². The van der Waals surface area contributed by atoms with E-state index in [1.54, 1.807) is 0 Å². The molecule has 0 unspecified atom stereocenters. The van der Waals surface area contributed by atoms with Crippen molar-refractivity contribution < 1.29 is 0 Å². The molecule has 0 amide bonds. The molecule has 2 bridgehead atoms. The van der Waals surface area contributed by atoms with Crippen molar-refractivity contribution in [2.24, 2.45) is 5.92 Å². The number of rotatable bonds is 6. The van der Waals surface area contributed by atoms with Crippen molar-refractivity contribution in [1.29, 1.82) is 0 Å². The van der Waals surface area contributed by atoms with Crippen LogP contribution in [0.3, 0.4) is 0 Å². The summed E-state index contributed by atoms with van der Waals surface area (Å²) in [5.41, 5.74) is 4.52. The second-order valence-electron chi connectivity index (χ2n) is 7.96. The quantitative estimate of drug-likeness (QED) is 0.830. The Morgan fingerprint density at radius 3 is 3.04 bits per heavy atom. The van der Waals surface area contributed by atoms with Gasteiger partial charge in [-0.05, 0) is 44.5 Å². The fourth-order valence-electron chi connectivity index (χ4n) is 4.47. The number of hydrogen-bond donors (Lipinski definition) is 2. The predicted molar refractivity (Wildman–Crippen MR) is 102 cm³/mol. The Kier molecular flexibility index (Phi) is 4.96. The number of nitrogens with zero attached hydrogens (tertiary/aromatic N) is 3. The summed E-state index contributed by atoms with van der Waals surface area (Å²) in [5, 5.41) is 11.0. The van der Waals surface area contributed by atoms with Crippen LogP contribution in [0.2, 0.25) is 0 Å². The van der Waals surface area contributed by atoms with Crippen molar-refractivity contribution in [3.8, 4) is 0 Å². The topological polar surface area (TPSA) is 66.0 Å². The minimum Gasteiger partial charge on any atom is -0.316 e. The second kappa shape index (κ2) is 7.37. The van der Waals surface area contributed by atoms with Crippen molar-refractivity contribution in [2.75, 3.05) is 20.1 Å². The molecule has 0 aliphatic carbocycles. The normalized spacial score (nSPS) is 21.8. The monoisotopic (exact) mass is 355 g/mol. The highest BCUT2D eigenvalue weighted by Gasteiger charge is 2.31. The average molecular weight is 355 g/mol. The van der Waals surface area contributed by atoms with E-state index in [4.69, 9.17) is 0 Å². The molecule has 26 heavy (non-hydrogen) atoms. The lowest BCUT2D eigenvalue weighted by Gasteiger charge is -2.37. The first-order valence-electron chi connectivity index (χ1n) is 9.79. The number of pyridine rings is 1. The van der Waals surface area contributed by atoms with Crippen LogP contribution in [0.25, 0.3) is 0 Å². The second-order valence-corrected chi connectivity index (χ2v) is 7.96. The fourth-order valence-corrected chi connectivity index (χ4v) is 4.47. The minimum atomic E-state index is 0.197. The number of hydrogen-bond acceptors (Lipinski definition) is 4. The van der Waals surface area contributed by atoms with E-state index in [1.165, 1.54) is 12.1 Å². The molecule has 0 aromatic carbocycles. The van der Waals surface area contributed by atoms with Gasteiger partial charge in [-0.3, -0.25) is 14.8 Å². The number of piperidine rings is 1. The van der Waals surface area contributed by atoms with Gasteiger partial charge in [-0.2, -0.15) is 5.10 Å². The molecular weight excluding hydrogens is 326 g/mol. The molecule has 1 fully saturated rings. The molecule has 2 N–H and O–H groups in total. The minimum absolute atomic E-state index is 0.197. The summed E-state index contributed by atoms with van der Waals surface area (Å²) in [4.78, 5) is 15.2. The molecule has 0 saturated carbocycles. The predicted octanol–water partition coefficient (Wildman–Crippen LogP) is 1.86. The SMILES string of the molecule is CCCc1cc(CN(C)Cc2ccc3n(c2=O)C[C@@H]2CNC[C@H]3C2)[nH]n1. The zero-order valence-electron chi connectivity index (χ0n) is 15.8. The Bertz CT molecular complexity index is 824. The number of fused-ring (bicyclic) bond motifs is 4. The summed E-state index contributed by atoms with van der Waals surface area (Å²) in [6.45, 7) is 6.48. The van der Waals surface area contributed by atoms with Crippen LogP contribution in [-0.2, 0) is 26.1 Å². The lowest BCUT2D eigenvalue weighted by Crippen LogP contribution is -2.45. The van der Waals surface area contributed by atoms with Crippen LogP contribution in [0, 0.1) is 5.92 Å². The van der Waals surface area contributed by atoms with Gasteiger partial charge < -0.3 is 9.88 Å². The third kappa shape index (κ3) is 3.48. The Hall–Kier alpha value is -1.92. The number of aromatic amines is 1. The Balaban J connectivity index is 1.48. The van der Waals surface area contributed by atoms with Crippen molar-refractivity contribution in [3.05, 3.63) is 51.2 Å². The van der Waals surface area contributed by atoms with E-state index >= 15 is 0 Å². The van der Waals surface area contributed by atoms with Gasteiger partial charge in [-0.25, -0.2) is 0 Å². The average Bonchev–Trinajstić information content (AvgIpc) is 3.05. The van der Waals surface area contributed by atoms with Gasteiger partial charge in [-0.15, -0.1) is 0 Å². The van der Waals surface area contributed by atoms with Gasteiger partial charge in [0.1, 0.15) is 0 Å². The molecule has 6 nitrogen and oxygen atoms in total. The maximum atomic E-state index is 13.0. The standard InChI is InChI=1S/C20H29N5O/c1-3-4-17-8-18(23-22-17)13-24(2)12-15-5-6-19-16-7-14(9-21-10-16)11-25(19)20(15)26/h5-6,8,14,16,21H,3-4,7,9-13H2,1-2H3,(H,22,23)/t14-,16+/m0/s1. The first-order chi connectivity index (χ1) is 12.6. The molecule has 1 saturated heterocycles. The molecule has 2 aliphatic heterocycles. The van der Waals surface area contributed by atoms with Gasteiger partial charge in [-0.1, -0.05) is 19.4 Å². The first-order valence-corrected chi connectivity index (χ1v) is 9.79. The third-order valence-electron chi connectivity index (χ3n) is 5.66. The van der Waals surface area contributed by atoms with E-state index in [9.17, 15) is 4.79 Å². The molecular formula is C20H29N5O. The molecule has 2 aromatic rings. The van der Waals surface area contributed by atoms with Crippen molar-refractivity contribution >= 4 is 0 Å². The summed E-state index contributed by atoms with van der Waals surface area (Å²) in [7, 11) is 2.06. The van der Waals surface area contributed by atoms with Crippen LogP contribution in [-0.4, -0.2) is 39.8 Å². The van der Waals surface area contributed by atoms with Crippen LogP contribution >= 0.6 is 0 Å². The highest BCUT2D eigenvalue weighted by Crippen LogP contribution is 2.31. The molecule has 6 heteroatoms. The summed E-state index contributed by atoms with van der Waals surface area (Å²) in [6, 6.07) is 6.34. The number of nitrogens with one attached hydrogen (secondary N) is 2. The summed E-state index contributed by atoms with van der Waals surface area (Å²) in [5.74, 6) is 1.08. The number of aryl methyl sites for hydroxylation is 1. The first kappa shape index (κ1) is 17.5. The maximum absolute atomic E-state index is 13.0. The van der Waals surface area contributed by atoms with Crippen molar-refractivity contribution in [1.82, 2.24) is 25.0 Å². The number of aromatic nitrogens is 3. The van der Waals surface area contributed by atoms with E-state index in [0.717, 1.165) is 56.0 Å². The largest absolute Gasteiger partial charge is 0.316 e. The summed E-state index contributed by atoms with van der Waals surface area (Å²) in [6.07, 6.45) is 3.32. The van der Waals surface area contributed by atoms with E-state index < -0.39 is 0 Å². The highest BCUT2D eigenvalue weighted by atomic mass is 16.1. The molecule has 2 aliphatic rings. The van der Waals surface area contributed by atoms with Gasteiger partial charge >= 0.3 is 0 Å². The van der Waals surface area contributed by atoms with Crippen LogP contribution in [0.1, 0.15) is 48.3 Å².